The molecule has 0 N–H and O–H groups in total. The zero-order valence-corrected chi connectivity index (χ0v) is 23.5. The first-order valence-electron chi connectivity index (χ1n) is 11.7. The number of nitrogens with zero attached hydrogens (tertiary/aromatic N) is 1. The van der Waals surface area contributed by atoms with Crippen molar-refractivity contribution in [3.8, 4) is 38.0 Å². The highest BCUT2D eigenvalue weighted by Gasteiger charge is 2.40. The molecule has 5 nitrogen and oxygen atoms in total. The normalized spacial score (nSPS) is 11.5. The predicted octanol–water partition coefficient (Wildman–Crippen LogP) is 6.87. The van der Waals surface area contributed by atoms with Crippen molar-refractivity contribution in [2.45, 2.75) is 6.61 Å². The van der Waals surface area contributed by atoms with Gasteiger partial charge in [-0.25, -0.2) is 4.98 Å². The molecule has 8 heteroatoms. The summed E-state index contributed by atoms with van der Waals surface area (Å²) >= 11 is 3.40. The second-order valence-electron chi connectivity index (χ2n) is 8.26. The number of benzene rings is 2. The zero-order valence-electron chi connectivity index (χ0n) is 20.8. The average Bonchev–Trinajstić information content (AvgIpc) is 3.69. The second-order valence-corrected chi connectivity index (χ2v) is 13.1. The van der Waals surface area contributed by atoms with E-state index in [9.17, 15) is 0 Å². The lowest BCUT2D eigenvalue weighted by molar-refractivity contribution is 0.140. The molecule has 0 amide bonds. The number of hydrogen-bond acceptors (Lipinski definition) is 7. The van der Waals surface area contributed by atoms with E-state index >= 15 is 0 Å². The van der Waals surface area contributed by atoms with Crippen molar-refractivity contribution in [3.63, 3.8) is 0 Å². The van der Waals surface area contributed by atoms with E-state index in [1.54, 1.807) is 44.0 Å². The van der Waals surface area contributed by atoms with Crippen LogP contribution < -0.4 is 9.92 Å². The number of aromatic nitrogens is 1. The van der Waals surface area contributed by atoms with Crippen molar-refractivity contribution in [2.24, 2.45) is 0 Å². The van der Waals surface area contributed by atoms with E-state index in [0.717, 1.165) is 48.8 Å². The van der Waals surface area contributed by atoms with Gasteiger partial charge in [0.2, 0.25) is 0 Å². The zero-order chi connectivity index (χ0) is 25.7. The average molecular weight is 546 g/mol. The van der Waals surface area contributed by atoms with Gasteiger partial charge >= 0.3 is 8.80 Å². The Balaban J connectivity index is 1.32. The van der Waals surface area contributed by atoms with Gasteiger partial charge in [0.25, 0.3) is 0 Å². The molecule has 0 radical (unpaired) electrons. The fourth-order valence-electron chi connectivity index (χ4n) is 4.12. The highest BCUT2D eigenvalue weighted by molar-refractivity contribution is 7.13. The third kappa shape index (κ3) is 5.59. The Bertz CT molecular complexity index is 1360. The van der Waals surface area contributed by atoms with Crippen LogP contribution in [0.1, 0.15) is 5.56 Å². The molecule has 0 bridgehead atoms. The fourth-order valence-corrected chi connectivity index (χ4v) is 7.27. The molecule has 37 heavy (non-hydrogen) atoms. The van der Waals surface area contributed by atoms with Crippen LogP contribution in [0.2, 0.25) is 0 Å². The first kappa shape index (κ1) is 25.5. The van der Waals surface area contributed by atoms with Gasteiger partial charge in [-0.2, -0.15) is 0 Å². The highest BCUT2D eigenvalue weighted by atomic mass is 32.1. The summed E-state index contributed by atoms with van der Waals surface area (Å²) < 4.78 is 22.7. The Morgan fingerprint density at radius 3 is 1.73 bits per heavy atom. The molecule has 0 unspecified atom stereocenters. The topological polar surface area (TPSA) is 49.8 Å². The van der Waals surface area contributed by atoms with Crippen LogP contribution in [-0.2, 0) is 19.9 Å². The minimum Gasteiger partial charge on any atom is -0.489 e. The van der Waals surface area contributed by atoms with Gasteiger partial charge in [-0.05, 0) is 63.8 Å². The molecule has 0 fully saturated rings. The standard InChI is InChI=1S/C29H27NO4S2Si/c1-31-37(32-2,33-3)25-14-8-21(9-15-25)20-34-24-12-10-22(11-13-24)23-18-26(28-6-4-16-35-28)30-27(19-23)29-7-5-17-36-29/h4-19H,20H2,1-3H3. The summed E-state index contributed by atoms with van der Waals surface area (Å²) in [7, 11) is 2.00. The maximum absolute atomic E-state index is 6.06. The number of rotatable bonds is 10. The quantitative estimate of drug-likeness (QED) is 0.179. The minimum absolute atomic E-state index is 0.460. The molecule has 5 rings (SSSR count). The van der Waals surface area contributed by atoms with Gasteiger partial charge in [0, 0.05) is 26.5 Å². The van der Waals surface area contributed by atoms with Crippen molar-refractivity contribution in [1.29, 1.82) is 0 Å². The van der Waals surface area contributed by atoms with Crippen molar-refractivity contribution in [3.05, 3.63) is 101 Å². The Morgan fingerprint density at radius 1 is 0.676 bits per heavy atom. The molecule has 0 aliphatic carbocycles. The van der Waals surface area contributed by atoms with Crippen LogP contribution in [0, 0.1) is 0 Å². The molecular formula is C29H27NO4S2Si. The van der Waals surface area contributed by atoms with Crippen LogP contribution in [0.15, 0.2) is 95.7 Å². The summed E-state index contributed by atoms with van der Waals surface area (Å²) in [6.07, 6.45) is 0. The first-order valence-corrected chi connectivity index (χ1v) is 15.2. The van der Waals surface area contributed by atoms with Gasteiger partial charge in [0.1, 0.15) is 12.4 Å². The molecule has 0 aliphatic heterocycles. The molecule has 188 valence electrons. The molecule has 2 aromatic carbocycles. The maximum Gasteiger partial charge on any atom is 0.536 e. The molecule has 0 aliphatic rings. The van der Waals surface area contributed by atoms with Gasteiger partial charge in [0.15, 0.2) is 0 Å². The van der Waals surface area contributed by atoms with E-state index < -0.39 is 8.80 Å². The van der Waals surface area contributed by atoms with E-state index in [2.05, 4.69) is 59.3 Å². The van der Waals surface area contributed by atoms with E-state index in [4.69, 9.17) is 23.0 Å². The molecule has 3 heterocycles. The summed E-state index contributed by atoms with van der Waals surface area (Å²) in [5.41, 5.74) is 5.28. The first-order chi connectivity index (χ1) is 18.1. The van der Waals surface area contributed by atoms with Crippen LogP contribution in [0.25, 0.3) is 32.3 Å². The lowest BCUT2D eigenvalue weighted by atomic mass is 10.0. The van der Waals surface area contributed by atoms with Crippen LogP contribution in [0.4, 0.5) is 0 Å². The molecule has 0 saturated heterocycles. The smallest absolute Gasteiger partial charge is 0.489 e. The van der Waals surface area contributed by atoms with Crippen LogP contribution >= 0.6 is 22.7 Å². The summed E-state index contributed by atoms with van der Waals surface area (Å²) in [5.74, 6) is 0.813. The molecular weight excluding hydrogens is 519 g/mol. The number of pyridine rings is 1. The van der Waals surface area contributed by atoms with Crippen molar-refractivity contribution in [1.82, 2.24) is 4.98 Å². The Labute approximate surface area is 226 Å². The van der Waals surface area contributed by atoms with Crippen molar-refractivity contribution in [2.75, 3.05) is 21.3 Å². The lowest BCUT2D eigenvalue weighted by Crippen LogP contribution is -2.54. The monoisotopic (exact) mass is 545 g/mol. The number of ether oxygens (including phenoxy) is 1. The summed E-state index contributed by atoms with van der Waals surface area (Å²) in [6.45, 7) is 0.460. The number of hydrogen-bond donors (Lipinski definition) is 0. The largest absolute Gasteiger partial charge is 0.536 e. The minimum atomic E-state index is -2.83. The van der Waals surface area contributed by atoms with Gasteiger partial charge in [-0.15, -0.1) is 22.7 Å². The predicted molar refractivity (Wildman–Crippen MR) is 153 cm³/mol. The summed E-state index contributed by atoms with van der Waals surface area (Å²) in [5, 5.41) is 5.08. The molecule has 5 aromatic rings. The summed E-state index contributed by atoms with van der Waals surface area (Å²) in [6, 6.07) is 28.9. The van der Waals surface area contributed by atoms with Gasteiger partial charge in [-0.3, -0.25) is 0 Å². The molecule has 3 aromatic heterocycles. The number of thiophene rings is 2. The molecule has 0 spiro atoms. The van der Waals surface area contributed by atoms with E-state index in [1.807, 2.05) is 36.4 Å². The fraction of sp³-hybridized carbons (Fsp3) is 0.138. The van der Waals surface area contributed by atoms with E-state index in [-0.39, 0.29) is 0 Å². The summed E-state index contributed by atoms with van der Waals surface area (Å²) in [4.78, 5) is 7.26. The maximum atomic E-state index is 6.06. The van der Waals surface area contributed by atoms with Gasteiger partial charge in [0.05, 0.1) is 21.1 Å². The van der Waals surface area contributed by atoms with Gasteiger partial charge < -0.3 is 18.0 Å². The Kier molecular flexibility index (Phi) is 7.95. The Morgan fingerprint density at radius 2 is 1.24 bits per heavy atom. The molecule has 0 atom stereocenters. The van der Waals surface area contributed by atoms with E-state index in [0.29, 0.717) is 6.61 Å². The van der Waals surface area contributed by atoms with E-state index in [1.165, 1.54) is 0 Å². The van der Waals surface area contributed by atoms with Crippen LogP contribution in [0.5, 0.6) is 5.75 Å². The van der Waals surface area contributed by atoms with Gasteiger partial charge in [-0.1, -0.05) is 48.5 Å². The van der Waals surface area contributed by atoms with Crippen molar-refractivity contribution < 1.29 is 18.0 Å². The molecule has 0 saturated carbocycles. The van der Waals surface area contributed by atoms with Crippen molar-refractivity contribution >= 4 is 36.7 Å². The van der Waals surface area contributed by atoms with Crippen LogP contribution in [-0.4, -0.2) is 35.1 Å². The third-order valence-electron chi connectivity index (χ3n) is 6.08. The Hall–Kier alpha value is -3.11. The highest BCUT2D eigenvalue weighted by Crippen LogP contribution is 2.34. The second kappa shape index (κ2) is 11.5. The lowest BCUT2D eigenvalue weighted by Gasteiger charge is -2.24. The SMILES string of the molecule is CO[Si](OC)(OC)c1ccc(COc2ccc(-c3cc(-c4cccs4)nc(-c4cccs4)c3)cc2)cc1. The third-order valence-corrected chi connectivity index (χ3v) is 10.5. The van der Waals surface area contributed by atoms with Crippen LogP contribution in [0.3, 0.4) is 0 Å².